The second-order valence-corrected chi connectivity index (χ2v) is 8.00. The molecule has 2 aromatic carbocycles. The normalized spacial score (nSPS) is 15.7. The fraction of sp³-hybridized carbons (Fsp3) is 0.480. The van der Waals surface area contributed by atoms with Gasteiger partial charge in [0.15, 0.2) is 0 Å². The third kappa shape index (κ3) is 5.39. The lowest BCUT2D eigenvalue weighted by Crippen LogP contribution is -2.42. The van der Waals surface area contributed by atoms with Crippen LogP contribution in [-0.2, 0) is 10.2 Å². The van der Waals surface area contributed by atoms with Gasteiger partial charge in [0.2, 0.25) is 5.91 Å². The molecule has 0 aliphatic heterocycles. The first-order chi connectivity index (χ1) is 14.6. The number of amides is 1. The number of hydrogen-bond acceptors (Lipinski definition) is 3. The van der Waals surface area contributed by atoms with Crippen LogP contribution in [-0.4, -0.2) is 37.0 Å². The minimum atomic E-state index is -0.592. The van der Waals surface area contributed by atoms with Gasteiger partial charge in [0.1, 0.15) is 18.2 Å². The van der Waals surface area contributed by atoms with E-state index < -0.39 is 5.41 Å². The standard InChI is InChI=1S/C25H33FN2O2/c1-3-28(4-2)18-19-30-23-14-12-22(13-15-23)27-24(29)25(16-6-5-7-17-25)20-8-10-21(26)11-9-20/h8-15H,3-7,16-19H2,1-2H3,(H,27,29). The molecule has 1 amide bonds. The number of rotatable bonds is 9. The summed E-state index contributed by atoms with van der Waals surface area (Å²) in [5, 5.41) is 3.09. The van der Waals surface area contributed by atoms with Crippen molar-refractivity contribution in [3.8, 4) is 5.75 Å². The Bertz CT molecular complexity index is 795. The van der Waals surface area contributed by atoms with E-state index in [0.717, 1.165) is 68.7 Å². The maximum Gasteiger partial charge on any atom is 0.235 e. The summed E-state index contributed by atoms with van der Waals surface area (Å²) in [6, 6.07) is 14.0. The zero-order valence-corrected chi connectivity index (χ0v) is 18.1. The molecule has 5 heteroatoms. The lowest BCUT2D eigenvalue weighted by Gasteiger charge is -2.36. The van der Waals surface area contributed by atoms with Gasteiger partial charge >= 0.3 is 0 Å². The number of carbonyl (C=O) groups excluding carboxylic acids is 1. The van der Waals surface area contributed by atoms with Crippen molar-refractivity contribution in [2.45, 2.75) is 51.4 Å². The van der Waals surface area contributed by atoms with E-state index in [9.17, 15) is 9.18 Å². The molecule has 0 heterocycles. The van der Waals surface area contributed by atoms with E-state index in [-0.39, 0.29) is 11.7 Å². The second-order valence-electron chi connectivity index (χ2n) is 8.00. The van der Waals surface area contributed by atoms with Crippen LogP contribution in [0.5, 0.6) is 5.75 Å². The maximum atomic E-state index is 13.4. The number of benzene rings is 2. The highest BCUT2D eigenvalue weighted by atomic mass is 19.1. The highest BCUT2D eigenvalue weighted by molar-refractivity contribution is 5.99. The van der Waals surface area contributed by atoms with Gasteiger partial charge < -0.3 is 15.0 Å². The molecule has 162 valence electrons. The fourth-order valence-corrected chi connectivity index (χ4v) is 4.29. The van der Waals surface area contributed by atoms with Crippen LogP contribution in [0.25, 0.3) is 0 Å². The molecule has 30 heavy (non-hydrogen) atoms. The van der Waals surface area contributed by atoms with Gasteiger partial charge in [-0.3, -0.25) is 4.79 Å². The van der Waals surface area contributed by atoms with Crippen LogP contribution in [0.1, 0.15) is 51.5 Å². The summed E-state index contributed by atoms with van der Waals surface area (Å²) in [6.07, 6.45) is 4.72. The first kappa shape index (κ1) is 22.3. The number of carbonyl (C=O) groups is 1. The summed E-state index contributed by atoms with van der Waals surface area (Å²) in [7, 11) is 0. The molecule has 0 unspecified atom stereocenters. The Labute approximate surface area is 179 Å². The van der Waals surface area contributed by atoms with Crippen molar-refractivity contribution in [3.63, 3.8) is 0 Å². The summed E-state index contributed by atoms with van der Waals surface area (Å²) >= 11 is 0. The molecule has 0 atom stereocenters. The Hall–Kier alpha value is -2.40. The van der Waals surface area contributed by atoms with Crippen LogP contribution in [0, 0.1) is 5.82 Å². The third-order valence-corrected chi connectivity index (χ3v) is 6.22. The Balaban J connectivity index is 1.65. The smallest absolute Gasteiger partial charge is 0.235 e. The monoisotopic (exact) mass is 412 g/mol. The van der Waals surface area contributed by atoms with Crippen molar-refractivity contribution in [3.05, 3.63) is 59.9 Å². The number of hydrogen-bond donors (Lipinski definition) is 1. The van der Waals surface area contributed by atoms with Gasteiger partial charge in [0.25, 0.3) is 0 Å². The average Bonchev–Trinajstić information content (AvgIpc) is 2.79. The van der Waals surface area contributed by atoms with E-state index in [2.05, 4.69) is 24.1 Å². The van der Waals surface area contributed by atoms with E-state index in [1.165, 1.54) is 12.1 Å². The summed E-state index contributed by atoms with van der Waals surface area (Å²) in [5.74, 6) is 0.511. The van der Waals surface area contributed by atoms with Gasteiger partial charge in [-0.1, -0.05) is 45.2 Å². The van der Waals surface area contributed by atoms with Crippen molar-refractivity contribution >= 4 is 11.6 Å². The molecule has 3 rings (SSSR count). The number of likely N-dealkylation sites (N-methyl/N-ethyl adjacent to an activating group) is 1. The van der Waals surface area contributed by atoms with Gasteiger partial charge in [-0.05, 0) is 67.9 Å². The zero-order chi connectivity index (χ0) is 21.4. The SMILES string of the molecule is CCN(CC)CCOc1ccc(NC(=O)C2(c3ccc(F)cc3)CCCCC2)cc1. The molecule has 1 saturated carbocycles. The quantitative estimate of drug-likeness (QED) is 0.601. The molecule has 1 aliphatic rings. The average molecular weight is 413 g/mol. The summed E-state index contributed by atoms with van der Waals surface area (Å²) < 4.78 is 19.2. The minimum Gasteiger partial charge on any atom is -0.492 e. The van der Waals surface area contributed by atoms with Gasteiger partial charge in [0.05, 0.1) is 5.41 Å². The van der Waals surface area contributed by atoms with E-state index >= 15 is 0 Å². The third-order valence-electron chi connectivity index (χ3n) is 6.22. The number of nitrogens with zero attached hydrogens (tertiary/aromatic N) is 1. The zero-order valence-electron chi connectivity index (χ0n) is 18.1. The predicted molar refractivity (Wildman–Crippen MR) is 120 cm³/mol. The van der Waals surface area contributed by atoms with Crippen LogP contribution in [0.2, 0.25) is 0 Å². The predicted octanol–water partition coefficient (Wildman–Crippen LogP) is 5.39. The highest BCUT2D eigenvalue weighted by Crippen LogP contribution is 2.40. The number of ether oxygens (including phenoxy) is 1. The molecule has 1 N–H and O–H groups in total. The van der Waals surface area contributed by atoms with E-state index in [0.29, 0.717) is 6.61 Å². The number of halogens is 1. The molecule has 1 fully saturated rings. The first-order valence-corrected chi connectivity index (χ1v) is 11.1. The van der Waals surface area contributed by atoms with Crippen LogP contribution >= 0.6 is 0 Å². The summed E-state index contributed by atoms with van der Waals surface area (Å²) in [4.78, 5) is 15.6. The van der Waals surface area contributed by atoms with Crippen molar-refractivity contribution in [2.24, 2.45) is 0 Å². The summed E-state index contributed by atoms with van der Waals surface area (Å²) in [6.45, 7) is 7.85. The molecule has 0 saturated heterocycles. The van der Waals surface area contributed by atoms with Crippen molar-refractivity contribution in [2.75, 3.05) is 31.6 Å². The van der Waals surface area contributed by atoms with Crippen LogP contribution in [0.4, 0.5) is 10.1 Å². The lowest BCUT2D eigenvalue weighted by molar-refractivity contribution is -0.122. The highest BCUT2D eigenvalue weighted by Gasteiger charge is 2.41. The molecule has 2 aromatic rings. The molecular weight excluding hydrogens is 379 g/mol. The van der Waals surface area contributed by atoms with Gasteiger partial charge in [-0.25, -0.2) is 4.39 Å². The molecule has 0 radical (unpaired) electrons. The maximum absolute atomic E-state index is 13.4. The number of nitrogens with one attached hydrogen (secondary N) is 1. The van der Waals surface area contributed by atoms with E-state index in [1.54, 1.807) is 12.1 Å². The lowest BCUT2D eigenvalue weighted by atomic mass is 9.68. The van der Waals surface area contributed by atoms with Crippen molar-refractivity contribution < 1.29 is 13.9 Å². The largest absolute Gasteiger partial charge is 0.492 e. The van der Waals surface area contributed by atoms with Gasteiger partial charge in [0, 0.05) is 12.2 Å². The Morgan fingerprint density at radius 2 is 1.63 bits per heavy atom. The van der Waals surface area contributed by atoms with Gasteiger partial charge in [-0.2, -0.15) is 0 Å². The topological polar surface area (TPSA) is 41.6 Å². The van der Waals surface area contributed by atoms with Gasteiger partial charge in [-0.15, -0.1) is 0 Å². The van der Waals surface area contributed by atoms with Crippen molar-refractivity contribution in [1.29, 1.82) is 0 Å². The second kappa shape index (κ2) is 10.6. The Kier molecular flexibility index (Phi) is 7.86. The van der Waals surface area contributed by atoms with Crippen LogP contribution in [0.15, 0.2) is 48.5 Å². The molecule has 0 bridgehead atoms. The molecule has 4 nitrogen and oxygen atoms in total. The first-order valence-electron chi connectivity index (χ1n) is 11.1. The van der Waals surface area contributed by atoms with Crippen LogP contribution in [0.3, 0.4) is 0 Å². The Morgan fingerprint density at radius 1 is 1.00 bits per heavy atom. The molecule has 0 aromatic heterocycles. The van der Waals surface area contributed by atoms with E-state index in [1.807, 2.05) is 24.3 Å². The molecule has 1 aliphatic carbocycles. The minimum absolute atomic E-state index is 0.0102. The van der Waals surface area contributed by atoms with Crippen LogP contribution < -0.4 is 10.1 Å². The fourth-order valence-electron chi connectivity index (χ4n) is 4.29. The number of anilines is 1. The van der Waals surface area contributed by atoms with E-state index in [4.69, 9.17) is 4.74 Å². The van der Waals surface area contributed by atoms with Crippen molar-refractivity contribution in [1.82, 2.24) is 4.90 Å². The Morgan fingerprint density at radius 3 is 2.23 bits per heavy atom. The molecular formula is C25H33FN2O2. The molecule has 0 spiro atoms. The summed E-state index contributed by atoms with van der Waals surface area (Å²) in [5.41, 5.74) is 1.06.